The van der Waals surface area contributed by atoms with Crippen LogP contribution in [0.4, 0.5) is 10.5 Å². The lowest BCUT2D eigenvalue weighted by molar-refractivity contribution is 0.0505. The Balaban J connectivity index is 1.82. The molecule has 22 heavy (non-hydrogen) atoms. The number of phenolic OH excluding ortho intramolecular Hbond substituents is 1. The van der Waals surface area contributed by atoms with E-state index in [2.05, 4.69) is 10.6 Å². The zero-order chi connectivity index (χ0) is 16.3. The highest BCUT2D eigenvalue weighted by Crippen LogP contribution is 2.26. The van der Waals surface area contributed by atoms with Crippen molar-refractivity contribution in [1.29, 1.82) is 0 Å². The Bertz CT molecular complexity index is 537. The molecule has 3 N–H and O–H groups in total. The number of carbonyl (C=O) groups is 1. The summed E-state index contributed by atoms with van der Waals surface area (Å²) >= 11 is 0. The molecule has 0 bridgehead atoms. The maximum Gasteiger partial charge on any atom is 0.407 e. The van der Waals surface area contributed by atoms with E-state index >= 15 is 0 Å². The molecule has 1 aliphatic carbocycles. The molecule has 0 aliphatic heterocycles. The monoisotopic (exact) mass is 306 g/mol. The van der Waals surface area contributed by atoms with Crippen molar-refractivity contribution in [3.63, 3.8) is 0 Å². The molecule has 0 spiro atoms. The minimum atomic E-state index is -0.472. The SMILES string of the molecule is Cc1ccc(NC2CCC(NC(=O)OC(C)(C)C)C2)cc1O. The normalized spacial score (nSPS) is 21.5. The Labute approximate surface area is 132 Å². The van der Waals surface area contributed by atoms with Crippen LogP contribution in [-0.4, -0.2) is 28.9 Å². The molecule has 2 rings (SSSR count). The van der Waals surface area contributed by atoms with Gasteiger partial charge in [-0.2, -0.15) is 0 Å². The van der Waals surface area contributed by atoms with Gasteiger partial charge in [0.2, 0.25) is 0 Å². The van der Waals surface area contributed by atoms with Crippen molar-refractivity contribution in [2.24, 2.45) is 0 Å². The van der Waals surface area contributed by atoms with Gasteiger partial charge in [-0.1, -0.05) is 6.07 Å². The quantitative estimate of drug-likeness (QED) is 0.798. The van der Waals surface area contributed by atoms with Gasteiger partial charge in [0, 0.05) is 23.8 Å². The summed E-state index contributed by atoms with van der Waals surface area (Å²) in [4.78, 5) is 11.8. The number of amides is 1. The van der Waals surface area contributed by atoms with Gasteiger partial charge >= 0.3 is 6.09 Å². The van der Waals surface area contributed by atoms with Crippen LogP contribution in [-0.2, 0) is 4.74 Å². The summed E-state index contributed by atoms with van der Waals surface area (Å²) in [6, 6.07) is 6.02. The van der Waals surface area contributed by atoms with Gasteiger partial charge in [0.05, 0.1) is 0 Å². The van der Waals surface area contributed by atoms with E-state index in [1.165, 1.54) is 0 Å². The number of carbonyl (C=O) groups excluding carboxylic acids is 1. The lowest BCUT2D eigenvalue weighted by Crippen LogP contribution is -2.38. The smallest absolute Gasteiger partial charge is 0.407 e. The van der Waals surface area contributed by atoms with Gasteiger partial charge in [-0.05, 0) is 58.6 Å². The number of aromatic hydroxyl groups is 1. The molecule has 1 fully saturated rings. The van der Waals surface area contributed by atoms with Crippen molar-refractivity contribution in [3.8, 4) is 5.75 Å². The van der Waals surface area contributed by atoms with Crippen LogP contribution < -0.4 is 10.6 Å². The molecule has 1 aromatic rings. The second kappa shape index (κ2) is 6.46. The van der Waals surface area contributed by atoms with Crippen molar-refractivity contribution in [2.75, 3.05) is 5.32 Å². The number of rotatable bonds is 3. The van der Waals surface area contributed by atoms with Crippen LogP contribution in [0, 0.1) is 6.92 Å². The molecule has 122 valence electrons. The molecular formula is C17H26N2O3. The van der Waals surface area contributed by atoms with E-state index in [0.29, 0.717) is 11.8 Å². The van der Waals surface area contributed by atoms with Crippen LogP contribution in [0.5, 0.6) is 5.75 Å². The first-order valence-corrected chi connectivity index (χ1v) is 7.78. The number of benzene rings is 1. The Morgan fingerprint density at radius 2 is 1.95 bits per heavy atom. The zero-order valence-electron chi connectivity index (χ0n) is 13.8. The first-order chi connectivity index (χ1) is 10.2. The Morgan fingerprint density at radius 3 is 2.59 bits per heavy atom. The van der Waals surface area contributed by atoms with Gasteiger partial charge in [0.25, 0.3) is 0 Å². The van der Waals surface area contributed by atoms with Gasteiger partial charge in [0.15, 0.2) is 0 Å². The second-order valence-electron chi connectivity index (χ2n) is 7.00. The first kappa shape index (κ1) is 16.5. The summed E-state index contributed by atoms with van der Waals surface area (Å²) in [5, 5.41) is 16.1. The number of aryl methyl sites for hydroxylation is 1. The van der Waals surface area contributed by atoms with E-state index in [9.17, 15) is 9.90 Å². The third-order valence-corrected chi connectivity index (χ3v) is 3.73. The summed E-state index contributed by atoms with van der Waals surface area (Å²) in [6.45, 7) is 7.44. The molecule has 1 aliphatic rings. The highest BCUT2D eigenvalue weighted by atomic mass is 16.6. The maximum absolute atomic E-state index is 11.8. The fourth-order valence-corrected chi connectivity index (χ4v) is 2.65. The molecule has 0 heterocycles. The molecular weight excluding hydrogens is 280 g/mol. The Kier molecular flexibility index (Phi) is 4.84. The zero-order valence-corrected chi connectivity index (χ0v) is 13.8. The maximum atomic E-state index is 11.8. The van der Waals surface area contributed by atoms with Crippen molar-refractivity contribution >= 4 is 11.8 Å². The van der Waals surface area contributed by atoms with Gasteiger partial charge in [-0.25, -0.2) is 4.79 Å². The molecule has 0 aromatic heterocycles. The molecule has 0 saturated heterocycles. The number of alkyl carbamates (subject to hydrolysis) is 1. The third-order valence-electron chi connectivity index (χ3n) is 3.73. The summed E-state index contributed by atoms with van der Waals surface area (Å²) in [6.07, 6.45) is 2.41. The topological polar surface area (TPSA) is 70.6 Å². The van der Waals surface area contributed by atoms with Gasteiger partial charge in [-0.3, -0.25) is 0 Å². The van der Waals surface area contributed by atoms with E-state index < -0.39 is 5.60 Å². The van der Waals surface area contributed by atoms with Crippen molar-refractivity contribution in [2.45, 2.75) is 64.6 Å². The molecule has 1 saturated carbocycles. The van der Waals surface area contributed by atoms with E-state index in [-0.39, 0.29) is 12.1 Å². The van der Waals surface area contributed by atoms with Crippen molar-refractivity contribution in [3.05, 3.63) is 23.8 Å². The minimum Gasteiger partial charge on any atom is -0.508 e. The predicted molar refractivity (Wildman–Crippen MR) is 87.3 cm³/mol. The predicted octanol–water partition coefficient (Wildman–Crippen LogP) is 3.56. The van der Waals surface area contributed by atoms with Crippen molar-refractivity contribution in [1.82, 2.24) is 5.32 Å². The van der Waals surface area contributed by atoms with E-state index in [1.54, 1.807) is 6.07 Å². The van der Waals surface area contributed by atoms with Crippen LogP contribution in [0.3, 0.4) is 0 Å². The fraction of sp³-hybridized carbons (Fsp3) is 0.588. The van der Waals surface area contributed by atoms with Gasteiger partial charge in [0.1, 0.15) is 11.4 Å². The summed E-state index contributed by atoms with van der Waals surface area (Å²) in [5.41, 5.74) is 1.30. The average Bonchev–Trinajstić information content (AvgIpc) is 2.78. The number of phenols is 1. The number of hydrogen-bond acceptors (Lipinski definition) is 4. The molecule has 5 nitrogen and oxygen atoms in total. The van der Waals surface area contributed by atoms with Crippen LogP contribution in [0.15, 0.2) is 18.2 Å². The molecule has 1 amide bonds. The van der Waals surface area contributed by atoms with Gasteiger partial charge < -0.3 is 20.5 Å². The first-order valence-electron chi connectivity index (χ1n) is 7.78. The Hall–Kier alpha value is -1.91. The van der Waals surface area contributed by atoms with Crippen LogP contribution in [0.25, 0.3) is 0 Å². The van der Waals surface area contributed by atoms with Crippen LogP contribution >= 0.6 is 0 Å². The number of hydrogen-bond donors (Lipinski definition) is 3. The highest BCUT2D eigenvalue weighted by Gasteiger charge is 2.27. The fourth-order valence-electron chi connectivity index (χ4n) is 2.65. The summed E-state index contributed by atoms with van der Waals surface area (Å²) < 4.78 is 5.28. The number of nitrogens with one attached hydrogen (secondary N) is 2. The molecule has 2 atom stereocenters. The van der Waals surface area contributed by atoms with E-state index in [1.807, 2.05) is 39.8 Å². The Morgan fingerprint density at radius 1 is 1.27 bits per heavy atom. The van der Waals surface area contributed by atoms with Gasteiger partial charge in [-0.15, -0.1) is 0 Å². The minimum absolute atomic E-state index is 0.131. The standard InChI is InChI=1S/C17H26N2O3/c1-11-5-6-14(10-15(11)20)18-12-7-8-13(9-12)19-16(21)22-17(2,3)4/h5-6,10,12-13,18,20H,7-9H2,1-4H3,(H,19,21). The average molecular weight is 306 g/mol. The molecule has 1 aromatic carbocycles. The summed E-state index contributed by atoms with van der Waals surface area (Å²) in [7, 11) is 0. The lowest BCUT2D eigenvalue weighted by Gasteiger charge is -2.22. The van der Waals surface area contributed by atoms with Crippen LogP contribution in [0.1, 0.15) is 45.6 Å². The lowest BCUT2D eigenvalue weighted by atomic mass is 10.1. The molecule has 2 unspecified atom stereocenters. The van der Waals surface area contributed by atoms with Crippen LogP contribution in [0.2, 0.25) is 0 Å². The summed E-state index contributed by atoms with van der Waals surface area (Å²) in [5.74, 6) is 0.298. The number of anilines is 1. The molecule has 5 heteroatoms. The largest absolute Gasteiger partial charge is 0.508 e. The van der Waals surface area contributed by atoms with E-state index in [0.717, 1.165) is 30.5 Å². The third kappa shape index (κ3) is 4.83. The van der Waals surface area contributed by atoms with E-state index in [4.69, 9.17) is 4.74 Å². The number of ether oxygens (including phenoxy) is 1. The van der Waals surface area contributed by atoms with Crippen molar-refractivity contribution < 1.29 is 14.6 Å². The second-order valence-corrected chi connectivity index (χ2v) is 7.00. The highest BCUT2D eigenvalue weighted by molar-refractivity contribution is 5.68. The molecule has 0 radical (unpaired) electrons.